The molecule has 1 aromatic rings. The summed E-state index contributed by atoms with van der Waals surface area (Å²) in [5.74, 6) is 0.631. The number of rotatable bonds is 1. The molecule has 0 fully saturated rings. The van der Waals surface area contributed by atoms with Crippen LogP contribution in [0.5, 0.6) is 5.75 Å². The predicted molar refractivity (Wildman–Crippen MR) is 59.7 cm³/mol. The Morgan fingerprint density at radius 1 is 1.35 bits per heavy atom. The summed E-state index contributed by atoms with van der Waals surface area (Å²) in [4.78, 5) is 10.6. The van der Waals surface area contributed by atoms with E-state index in [2.05, 4.69) is 5.32 Å². The van der Waals surface area contributed by atoms with Gasteiger partial charge in [0.15, 0.2) is 0 Å². The second kappa shape index (κ2) is 3.94. The molecule has 1 aromatic carbocycles. The van der Waals surface area contributed by atoms with E-state index in [0.717, 1.165) is 11.0 Å². The third-order valence-corrected chi connectivity index (χ3v) is 2.72. The molecule has 0 aliphatic carbocycles. The number of carboxylic acid groups (broad SMARTS) is 1. The first-order valence-corrected chi connectivity index (χ1v) is 5.27. The van der Waals surface area contributed by atoms with E-state index in [4.69, 9.17) is 19.2 Å². The van der Waals surface area contributed by atoms with E-state index in [0.29, 0.717) is 31.3 Å². The highest BCUT2D eigenvalue weighted by Crippen LogP contribution is 2.26. The van der Waals surface area contributed by atoms with Gasteiger partial charge in [-0.15, -0.1) is 0 Å². The van der Waals surface area contributed by atoms with Gasteiger partial charge in [-0.2, -0.15) is 0 Å². The van der Waals surface area contributed by atoms with Crippen LogP contribution >= 0.6 is 0 Å². The van der Waals surface area contributed by atoms with E-state index in [1.165, 1.54) is 0 Å². The normalized spacial score (nSPS) is 17.1. The van der Waals surface area contributed by atoms with E-state index in [1.54, 1.807) is 12.1 Å². The highest BCUT2D eigenvalue weighted by Gasteiger charge is 2.36. The molecule has 7 heteroatoms. The number of hydrogen-bond acceptors (Lipinski definition) is 4. The lowest BCUT2D eigenvalue weighted by Gasteiger charge is -2.09. The van der Waals surface area contributed by atoms with Crippen molar-refractivity contribution in [3.63, 3.8) is 0 Å². The lowest BCUT2D eigenvalue weighted by atomic mass is 9.78. The van der Waals surface area contributed by atoms with Crippen LogP contribution in [0.1, 0.15) is 5.56 Å². The number of benzene rings is 1. The third-order valence-electron chi connectivity index (χ3n) is 2.72. The summed E-state index contributed by atoms with van der Waals surface area (Å²) in [5, 5.41) is 11.0. The summed E-state index contributed by atoms with van der Waals surface area (Å²) in [5.41, 5.74) is 2.26. The Labute approximate surface area is 97.6 Å². The van der Waals surface area contributed by atoms with Crippen LogP contribution in [0.2, 0.25) is 0 Å². The summed E-state index contributed by atoms with van der Waals surface area (Å²) in [6, 6.07) is 3.40. The first-order chi connectivity index (χ1) is 8.24. The molecular weight excluding hydrogens is 225 g/mol. The van der Waals surface area contributed by atoms with Gasteiger partial charge in [-0.05, 0) is 11.6 Å². The standard InChI is InChI=1S/C10H10BNO5/c13-10(14)12-7-3-6-5-17-11-9(6)8(4-7)15-1-2-16-11/h3-4,12H,1-2,5H2,(H,13,14). The fourth-order valence-electron chi connectivity index (χ4n) is 2.07. The molecule has 2 heterocycles. The summed E-state index contributed by atoms with van der Waals surface area (Å²) >= 11 is 0. The van der Waals surface area contributed by atoms with Crippen LogP contribution in [0.15, 0.2) is 12.1 Å². The molecule has 0 atom stereocenters. The molecule has 17 heavy (non-hydrogen) atoms. The average Bonchev–Trinajstić information content (AvgIpc) is 2.54. The lowest BCUT2D eigenvalue weighted by Crippen LogP contribution is -2.31. The smallest absolute Gasteiger partial charge is 0.492 e. The Bertz CT molecular complexity index is 478. The fraction of sp³-hybridized carbons (Fsp3) is 0.300. The molecule has 3 rings (SSSR count). The molecular formula is C10H10BNO5. The van der Waals surface area contributed by atoms with Gasteiger partial charge < -0.3 is 19.2 Å². The summed E-state index contributed by atoms with van der Waals surface area (Å²) in [6.07, 6.45) is -1.10. The average molecular weight is 235 g/mol. The molecule has 88 valence electrons. The van der Waals surface area contributed by atoms with E-state index >= 15 is 0 Å². The van der Waals surface area contributed by atoms with E-state index in [9.17, 15) is 4.79 Å². The van der Waals surface area contributed by atoms with Gasteiger partial charge >= 0.3 is 13.2 Å². The maximum atomic E-state index is 10.6. The van der Waals surface area contributed by atoms with Crippen LogP contribution in [-0.4, -0.2) is 31.5 Å². The van der Waals surface area contributed by atoms with Crippen molar-refractivity contribution in [2.75, 3.05) is 18.5 Å². The molecule has 6 nitrogen and oxygen atoms in total. The van der Waals surface area contributed by atoms with Crippen molar-refractivity contribution >= 4 is 24.4 Å². The van der Waals surface area contributed by atoms with Crippen LogP contribution in [0.4, 0.5) is 10.5 Å². The van der Waals surface area contributed by atoms with Crippen molar-refractivity contribution in [1.82, 2.24) is 0 Å². The third kappa shape index (κ3) is 1.83. The monoisotopic (exact) mass is 235 g/mol. The number of carbonyl (C=O) groups is 1. The largest absolute Gasteiger partial charge is 0.498 e. The van der Waals surface area contributed by atoms with Gasteiger partial charge in [0.2, 0.25) is 0 Å². The number of amides is 1. The number of ether oxygens (including phenoxy) is 1. The van der Waals surface area contributed by atoms with Crippen LogP contribution < -0.4 is 15.5 Å². The maximum Gasteiger partial charge on any atom is 0.498 e. The van der Waals surface area contributed by atoms with Crippen LogP contribution in [0, 0.1) is 0 Å². The SMILES string of the molecule is O=C(O)Nc1cc2c3c(c1)OCCOB3OC2. The van der Waals surface area contributed by atoms with Gasteiger partial charge in [-0.1, -0.05) is 0 Å². The Morgan fingerprint density at radius 2 is 2.24 bits per heavy atom. The lowest BCUT2D eigenvalue weighted by molar-refractivity contribution is 0.179. The van der Waals surface area contributed by atoms with E-state index in [1.807, 2.05) is 0 Å². The molecule has 0 aromatic heterocycles. The van der Waals surface area contributed by atoms with Gasteiger partial charge in [0.1, 0.15) is 12.4 Å². The van der Waals surface area contributed by atoms with E-state index < -0.39 is 6.09 Å². The Hall–Kier alpha value is -1.73. The van der Waals surface area contributed by atoms with Crippen molar-refractivity contribution in [3.05, 3.63) is 17.7 Å². The van der Waals surface area contributed by atoms with Gasteiger partial charge in [-0.3, -0.25) is 5.32 Å². The molecule has 2 N–H and O–H groups in total. The zero-order valence-electron chi connectivity index (χ0n) is 8.93. The molecule has 2 aliphatic rings. The minimum atomic E-state index is -1.10. The van der Waals surface area contributed by atoms with Gasteiger partial charge in [-0.25, -0.2) is 4.79 Å². The molecule has 0 radical (unpaired) electrons. The van der Waals surface area contributed by atoms with Gasteiger partial charge in [0, 0.05) is 17.2 Å². The summed E-state index contributed by atoms with van der Waals surface area (Å²) in [6.45, 7) is 1.30. The molecule has 1 amide bonds. The first-order valence-electron chi connectivity index (χ1n) is 5.27. The van der Waals surface area contributed by atoms with Crippen molar-refractivity contribution < 1.29 is 23.9 Å². The van der Waals surface area contributed by atoms with Gasteiger partial charge in [0.05, 0.1) is 13.2 Å². The van der Waals surface area contributed by atoms with Crippen molar-refractivity contribution in [2.45, 2.75) is 6.61 Å². The topological polar surface area (TPSA) is 77.0 Å². The van der Waals surface area contributed by atoms with Gasteiger partial charge in [0.25, 0.3) is 0 Å². The Morgan fingerprint density at radius 3 is 3.06 bits per heavy atom. The van der Waals surface area contributed by atoms with Crippen molar-refractivity contribution in [3.8, 4) is 5.75 Å². The second-order valence-electron chi connectivity index (χ2n) is 3.84. The molecule has 0 unspecified atom stereocenters. The van der Waals surface area contributed by atoms with Crippen molar-refractivity contribution in [1.29, 1.82) is 0 Å². The quantitative estimate of drug-likeness (QED) is 0.689. The fourth-order valence-corrected chi connectivity index (χ4v) is 2.07. The zero-order chi connectivity index (χ0) is 11.8. The Kier molecular flexibility index (Phi) is 2.42. The van der Waals surface area contributed by atoms with Crippen LogP contribution in [0.25, 0.3) is 0 Å². The predicted octanol–water partition coefficient (Wildman–Crippen LogP) is 0.411. The summed E-state index contributed by atoms with van der Waals surface area (Å²) in [7, 11) is -0.388. The number of anilines is 1. The second-order valence-corrected chi connectivity index (χ2v) is 3.84. The highest BCUT2D eigenvalue weighted by molar-refractivity contribution is 6.64. The number of hydrogen-bond donors (Lipinski definition) is 2. The number of nitrogens with one attached hydrogen (secondary N) is 1. The zero-order valence-corrected chi connectivity index (χ0v) is 8.93. The van der Waals surface area contributed by atoms with Crippen molar-refractivity contribution in [2.24, 2.45) is 0 Å². The van der Waals surface area contributed by atoms with Crippen LogP contribution in [-0.2, 0) is 15.9 Å². The van der Waals surface area contributed by atoms with E-state index in [-0.39, 0.29) is 7.12 Å². The maximum absolute atomic E-state index is 10.6. The summed E-state index contributed by atoms with van der Waals surface area (Å²) < 4.78 is 16.5. The minimum Gasteiger partial charge on any atom is -0.492 e. The molecule has 0 bridgehead atoms. The highest BCUT2D eigenvalue weighted by atomic mass is 16.6. The Balaban J connectivity index is 2.03. The molecule has 0 spiro atoms. The first kappa shape index (κ1) is 10.4. The van der Waals surface area contributed by atoms with Crippen LogP contribution in [0.3, 0.4) is 0 Å². The molecule has 0 saturated carbocycles. The molecule has 2 aliphatic heterocycles. The molecule has 0 saturated heterocycles. The minimum absolute atomic E-state index is 0.388.